The number of halogens is 1. The molecule has 24 heavy (non-hydrogen) atoms. The molecule has 0 aliphatic carbocycles. The highest BCUT2D eigenvalue weighted by Crippen LogP contribution is 2.24. The van der Waals surface area contributed by atoms with E-state index in [4.69, 9.17) is 9.47 Å². The molecule has 1 heterocycles. The van der Waals surface area contributed by atoms with Crippen molar-refractivity contribution in [1.29, 1.82) is 0 Å². The van der Waals surface area contributed by atoms with Gasteiger partial charge < -0.3 is 20.1 Å². The predicted octanol–water partition coefficient (Wildman–Crippen LogP) is 2.38. The van der Waals surface area contributed by atoms with E-state index in [1.54, 1.807) is 7.11 Å². The molecule has 0 spiro atoms. The molecule has 2 N–H and O–H groups in total. The Morgan fingerprint density at radius 2 is 1.88 bits per heavy atom. The molecule has 1 fully saturated rings. The smallest absolute Gasteiger partial charge is 0.252 e. The second-order valence-electron chi connectivity index (χ2n) is 6.35. The third-order valence-electron chi connectivity index (χ3n) is 4.48. The monoisotopic (exact) mass is 356 g/mol. The summed E-state index contributed by atoms with van der Waals surface area (Å²) in [4.78, 5) is 12.6. The largest absolute Gasteiger partial charge is 0.491 e. The number of hydrogen-bond acceptors (Lipinski definition) is 4. The number of hydrogen-bond donors (Lipinski definition) is 2. The van der Waals surface area contributed by atoms with Gasteiger partial charge in [-0.3, -0.25) is 4.79 Å². The van der Waals surface area contributed by atoms with E-state index in [2.05, 4.69) is 10.6 Å². The van der Waals surface area contributed by atoms with Gasteiger partial charge in [-0.25, -0.2) is 0 Å². The average Bonchev–Trinajstić information content (AvgIpc) is 2.55. The van der Waals surface area contributed by atoms with Crippen LogP contribution in [0, 0.1) is 13.8 Å². The van der Waals surface area contributed by atoms with Crippen molar-refractivity contribution in [2.24, 2.45) is 0 Å². The Labute approximate surface area is 150 Å². The fourth-order valence-electron chi connectivity index (χ4n) is 2.99. The molecular formula is C18H29ClN2O3. The summed E-state index contributed by atoms with van der Waals surface area (Å²) in [5, 5.41) is 6.29. The first-order chi connectivity index (χ1) is 11.0. The third kappa shape index (κ3) is 4.85. The number of nitrogens with one attached hydrogen (secondary N) is 2. The molecule has 136 valence electrons. The van der Waals surface area contributed by atoms with Gasteiger partial charge in [0.15, 0.2) is 0 Å². The van der Waals surface area contributed by atoms with Gasteiger partial charge in [0.05, 0.1) is 6.04 Å². The van der Waals surface area contributed by atoms with E-state index in [1.165, 1.54) is 0 Å². The first-order valence-corrected chi connectivity index (χ1v) is 8.24. The van der Waals surface area contributed by atoms with Crippen molar-refractivity contribution in [3.63, 3.8) is 0 Å². The number of benzene rings is 1. The molecule has 0 saturated carbocycles. The third-order valence-corrected chi connectivity index (χ3v) is 4.48. The normalized spacial score (nSPS) is 17.5. The Morgan fingerprint density at radius 1 is 1.29 bits per heavy atom. The highest BCUT2D eigenvalue weighted by Gasteiger charge is 2.40. The van der Waals surface area contributed by atoms with Crippen molar-refractivity contribution in [3.8, 4) is 5.75 Å². The first kappa shape index (κ1) is 20.7. The molecule has 1 atom stereocenters. The molecule has 1 aromatic rings. The number of amides is 1. The van der Waals surface area contributed by atoms with Crippen molar-refractivity contribution in [2.45, 2.75) is 45.3 Å². The van der Waals surface area contributed by atoms with E-state index < -0.39 is 5.60 Å². The maximum atomic E-state index is 12.6. The Kier molecular flexibility index (Phi) is 8.00. The van der Waals surface area contributed by atoms with Crippen LogP contribution < -0.4 is 15.4 Å². The van der Waals surface area contributed by atoms with Crippen LogP contribution in [-0.4, -0.2) is 44.4 Å². The van der Waals surface area contributed by atoms with E-state index in [-0.39, 0.29) is 24.4 Å². The predicted molar refractivity (Wildman–Crippen MR) is 98.1 cm³/mol. The summed E-state index contributed by atoms with van der Waals surface area (Å²) >= 11 is 0. The zero-order valence-corrected chi connectivity index (χ0v) is 15.8. The van der Waals surface area contributed by atoms with E-state index in [9.17, 15) is 4.79 Å². The summed E-state index contributed by atoms with van der Waals surface area (Å²) in [6.07, 6.45) is 1.39. The van der Waals surface area contributed by atoms with Crippen molar-refractivity contribution in [1.82, 2.24) is 10.6 Å². The number of carbonyl (C=O) groups is 1. The topological polar surface area (TPSA) is 59.6 Å². The zero-order valence-electron chi connectivity index (χ0n) is 15.0. The van der Waals surface area contributed by atoms with E-state index in [0.29, 0.717) is 19.4 Å². The lowest BCUT2D eigenvalue weighted by Gasteiger charge is -2.35. The highest BCUT2D eigenvalue weighted by molar-refractivity contribution is 5.85. The van der Waals surface area contributed by atoms with Gasteiger partial charge in [-0.1, -0.05) is 18.2 Å². The summed E-state index contributed by atoms with van der Waals surface area (Å²) in [6, 6.07) is 5.99. The second-order valence-corrected chi connectivity index (χ2v) is 6.35. The number of para-hydroxylation sites is 1. The van der Waals surface area contributed by atoms with Gasteiger partial charge in [0.1, 0.15) is 18.0 Å². The summed E-state index contributed by atoms with van der Waals surface area (Å²) in [5.74, 6) is 0.857. The molecule has 1 aromatic carbocycles. The summed E-state index contributed by atoms with van der Waals surface area (Å²) in [6.45, 7) is 8.05. The molecule has 1 aliphatic rings. The Morgan fingerprint density at radius 3 is 2.42 bits per heavy atom. The number of carbonyl (C=O) groups excluding carboxylic acids is 1. The molecule has 6 heteroatoms. The zero-order chi connectivity index (χ0) is 16.9. The lowest BCUT2D eigenvalue weighted by atomic mass is 9.91. The van der Waals surface area contributed by atoms with Gasteiger partial charge in [-0.05, 0) is 57.8 Å². The number of rotatable bonds is 6. The molecule has 2 rings (SSSR count). The van der Waals surface area contributed by atoms with Gasteiger partial charge >= 0.3 is 0 Å². The second kappa shape index (κ2) is 9.25. The number of ether oxygens (including phenoxy) is 2. The van der Waals surface area contributed by atoms with Crippen LogP contribution in [0.25, 0.3) is 0 Å². The van der Waals surface area contributed by atoms with Gasteiger partial charge in [0.25, 0.3) is 5.91 Å². The maximum absolute atomic E-state index is 12.6. The summed E-state index contributed by atoms with van der Waals surface area (Å²) in [7, 11) is 1.61. The Bertz CT molecular complexity index is 525. The maximum Gasteiger partial charge on any atom is 0.252 e. The first-order valence-electron chi connectivity index (χ1n) is 8.24. The number of aryl methyl sites for hydroxylation is 2. The Balaban J connectivity index is 0.00000288. The van der Waals surface area contributed by atoms with Crippen LogP contribution in [0.15, 0.2) is 18.2 Å². The van der Waals surface area contributed by atoms with Crippen LogP contribution in [0.1, 0.15) is 30.9 Å². The summed E-state index contributed by atoms with van der Waals surface area (Å²) in [5.41, 5.74) is 1.50. The van der Waals surface area contributed by atoms with E-state index >= 15 is 0 Å². The molecule has 0 radical (unpaired) electrons. The molecule has 5 nitrogen and oxygen atoms in total. The lowest BCUT2D eigenvalue weighted by Crippen LogP contribution is -2.56. The van der Waals surface area contributed by atoms with Crippen molar-refractivity contribution >= 4 is 18.3 Å². The number of piperidine rings is 1. The van der Waals surface area contributed by atoms with Crippen molar-refractivity contribution in [2.75, 3.05) is 26.8 Å². The molecule has 1 unspecified atom stereocenters. The van der Waals surface area contributed by atoms with Crippen LogP contribution >= 0.6 is 12.4 Å². The minimum absolute atomic E-state index is 0. The molecule has 1 amide bonds. The van der Waals surface area contributed by atoms with Crippen LogP contribution in [0.5, 0.6) is 5.75 Å². The van der Waals surface area contributed by atoms with E-state index in [0.717, 1.165) is 30.0 Å². The lowest BCUT2D eigenvalue weighted by molar-refractivity contribution is -0.147. The molecule has 0 aromatic heterocycles. The standard InChI is InChI=1S/C18H28N2O3.ClH/c1-13-6-5-7-14(2)16(13)23-12-15(3)20-17(21)18(22-4)8-10-19-11-9-18;/h5-7,15,19H,8-12H2,1-4H3,(H,20,21);1H. The SMILES string of the molecule is COC1(C(=O)NC(C)COc2c(C)cccc2C)CCNCC1.Cl. The van der Waals surface area contributed by atoms with Gasteiger partial charge in [0.2, 0.25) is 0 Å². The molecule has 1 aliphatic heterocycles. The van der Waals surface area contributed by atoms with Crippen molar-refractivity contribution < 1.29 is 14.3 Å². The molecule has 1 saturated heterocycles. The van der Waals surface area contributed by atoms with E-state index in [1.807, 2.05) is 39.0 Å². The average molecular weight is 357 g/mol. The molecular weight excluding hydrogens is 328 g/mol. The molecule has 0 bridgehead atoms. The van der Waals surface area contributed by atoms with Crippen LogP contribution in [0.2, 0.25) is 0 Å². The van der Waals surface area contributed by atoms with Gasteiger partial charge in [0, 0.05) is 7.11 Å². The minimum atomic E-state index is -0.710. The fraction of sp³-hybridized carbons (Fsp3) is 0.611. The minimum Gasteiger partial charge on any atom is -0.491 e. The van der Waals surface area contributed by atoms with Crippen molar-refractivity contribution in [3.05, 3.63) is 29.3 Å². The van der Waals surface area contributed by atoms with Crippen LogP contribution in [0.4, 0.5) is 0 Å². The number of methoxy groups -OCH3 is 1. The summed E-state index contributed by atoms with van der Waals surface area (Å²) < 4.78 is 11.5. The highest BCUT2D eigenvalue weighted by atomic mass is 35.5. The van der Waals surface area contributed by atoms with Crippen LogP contribution in [-0.2, 0) is 9.53 Å². The quantitative estimate of drug-likeness (QED) is 0.821. The fourth-order valence-corrected chi connectivity index (χ4v) is 2.99. The van der Waals surface area contributed by atoms with Gasteiger partial charge in [-0.15, -0.1) is 12.4 Å². The van der Waals surface area contributed by atoms with Gasteiger partial charge in [-0.2, -0.15) is 0 Å². The van der Waals surface area contributed by atoms with Crippen LogP contribution in [0.3, 0.4) is 0 Å². The Hall–Kier alpha value is -1.30.